The summed E-state index contributed by atoms with van der Waals surface area (Å²) < 4.78 is 0. The minimum absolute atomic E-state index is 0. The van der Waals surface area contributed by atoms with Crippen molar-refractivity contribution < 1.29 is 4.79 Å². The van der Waals surface area contributed by atoms with Gasteiger partial charge in [0.05, 0.1) is 6.54 Å². The van der Waals surface area contributed by atoms with Gasteiger partial charge in [0.1, 0.15) is 0 Å². The van der Waals surface area contributed by atoms with Gasteiger partial charge in [-0.2, -0.15) is 0 Å². The summed E-state index contributed by atoms with van der Waals surface area (Å²) in [6.07, 6.45) is 5.88. The molecule has 0 radical (unpaired) electrons. The molecule has 1 heterocycles. The van der Waals surface area contributed by atoms with E-state index in [-0.39, 0.29) is 18.3 Å². The van der Waals surface area contributed by atoms with Gasteiger partial charge < -0.3 is 10.2 Å². The number of carbonyl (C=O) groups is 1. The summed E-state index contributed by atoms with van der Waals surface area (Å²) in [6.45, 7) is 11.0. The number of nitrogens with one attached hydrogen (secondary N) is 1. The van der Waals surface area contributed by atoms with Crippen molar-refractivity contribution in [1.82, 2.24) is 15.1 Å². The number of likely N-dealkylation sites (tertiary alicyclic amines) is 1. The van der Waals surface area contributed by atoms with Crippen LogP contribution in [-0.2, 0) is 4.79 Å². The van der Waals surface area contributed by atoms with E-state index in [2.05, 4.69) is 23.4 Å². The van der Waals surface area contributed by atoms with Gasteiger partial charge in [0.25, 0.3) is 0 Å². The van der Waals surface area contributed by atoms with E-state index in [1.165, 1.54) is 12.8 Å². The van der Waals surface area contributed by atoms with Gasteiger partial charge in [-0.15, -0.1) is 25.6 Å². The molecule has 110 valence electrons. The van der Waals surface area contributed by atoms with Crippen LogP contribution in [0.3, 0.4) is 0 Å². The molecule has 1 unspecified atom stereocenters. The van der Waals surface area contributed by atoms with Gasteiger partial charge in [0, 0.05) is 25.7 Å². The van der Waals surface area contributed by atoms with E-state index in [4.69, 9.17) is 0 Å². The van der Waals surface area contributed by atoms with Gasteiger partial charge in [-0.1, -0.05) is 12.2 Å². The van der Waals surface area contributed by atoms with Crippen LogP contribution in [0.2, 0.25) is 0 Å². The highest BCUT2D eigenvalue weighted by Crippen LogP contribution is 2.16. The molecule has 5 heteroatoms. The van der Waals surface area contributed by atoms with Gasteiger partial charge in [-0.05, 0) is 26.4 Å². The van der Waals surface area contributed by atoms with Crippen molar-refractivity contribution in [2.24, 2.45) is 0 Å². The second kappa shape index (κ2) is 10.0. The van der Waals surface area contributed by atoms with Crippen molar-refractivity contribution in [1.29, 1.82) is 0 Å². The van der Waals surface area contributed by atoms with Crippen LogP contribution in [0.25, 0.3) is 0 Å². The van der Waals surface area contributed by atoms with Crippen molar-refractivity contribution in [2.75, 3.05) is 39.8 Å². The number of hydrogen-bond acceptors (Lipinski definition) is 3. The first-order chi connectivity index (χ1) is 8.72. The van der Waals surface area contributed by atoms with Crippen LogP contribution in [0.4, 0.5) is 0 Å². The normalized spacial score (nSPS) is 18.7. The van der Waals surface area contributed by atoms with E-state index in [1.54, 1.807) is 17.1 Å². The summed E-state index contributed by atoms with van der Waals surface area (Å²) in [5, 5.41) is 3.19. The Morgan fingerprint density at radius 3 is 2.58 bits per heavy atom. The molecule has 1 amide bonds. The molecule has 4 nitrogen and oxygen atoms in total. The first-order valence-electron chi connectivity index (χ1n) is 6.61. The van der Waals surface area contributed by atoms with E-state index in [9.17, 15) is 4.79 Å². The number of likely N-dealkylation sites (N-methyl/N-ethyl adjacent to an activating group) is 1. The maximum Gasteiger partial charge on any atom is 0.237 e. The molecule has 1 fully saturated rings. The molecular weight excluding hydrogens is 262 g/mol. The van der Waals surface area contributed by atoms with Gasteiger partial charge in [0.2, 0.25) is 5.91 Å². The number of amides is 1. The van der Waals surface area contributed by atoms with E-state index in [0.29, 0.717) is 25.7 Å². The third kappa shape index (κ3) is 5.76. The zero-order valence-electron chi connectivity index (χ0n) is 11.8. The van der Waals surface area contributed by atoms with Crippen LogP contribution in [0, 0.1) is 0 Å². The highest BCUT2D eigenvalue weighted by atomic mass is 35.5. The zero-order valence-corrected chi connectivity index (χ0v) is 12.6. The van der Waals surface area contributed by atoms with Crippen molar-refractivity contribution in [3.8, 4) is 0 Å². The molecule has 1 atom stereocenters. The summed E-state index contributed by atoms with van der Waals surface area (Å²) in [6, 6.07) is 0.494. The second-order valence-corrected chi connectivity index (χ2v) is 4.70. The molecule has 0 bridgehead atoms. The minimum atomic E-state index is 0. The van der Waals surface area contributed by atoms with Crippen molar-refractivity contribution in [2.45, 2.75) is 18.9 Å². The summed E-state index contributed by atoms with van der Waals surface area (Å²) in [4.78, 5) is 16.3. The predicted octanol–water partition coefficient (Wildman–Crippen LogP) is 1.29. The lowest BCUT2D eigenvalue weighted by molar-refractivity contribution is -0.131. The molecular formula is C14H26ClN3O. The quantitative estimate of drug-likeness (QED) is 0.684. The fourth-order valence-corrected chi connectivity index (χ4v) is 2.43. The average Bonchev–Trinajstić information content (AvgIpc) is 2.77. The Kier molecular flexibility index (Phi) is 9.57. The van der Waals surface area contributed by atoms with Crippen molar-refractivity contribution >= 4 is 18.3 Å². The lowest BCUT2D eigenvalue weighted by Gasteiger charge is -2.27. The van der Waals surface area contributed by atoms with Gasteiger partial charge in [0.15, 0.2) is 0 Å². The molecule has 1 saturated heterocycles. The third-order valence-corrected chi connectivity index (χ3v) is 3.33. The molecule has 0 aliphatic carbocycles. The van der Waals surface area contributed by atoms with Crippen LogP contribution in [0.5, 0.6) is 0 Å². The van der Waals surface area contributed by atoms with Crippen LogP contribution >= 0.6 is 12.4 Å². The maximum absolute atomic E-state index is 12.2. The standard InChI is InChI=1S/C14H25N3O.ClH/c1-4-8-16(9-5-2)14(18)12-17-10-6-7-13(17)11-15-3;/h4-5,13,15H,1-2,6-12H2,3H3;1H. The Morgan fingerprint density at radius 2 is 2.05 bits per heavy atom. The first-order valence-corrected chi connectivity index (χ1v) is 6.61. The van der Waals surface area contributed by atoms with E-state index in [1.807, 2.05) is 7.05 Å². The molecule has 1 rings (SSSR count). The van der Waals surface area contributed by atoms with Crippen LogP contribution < -0.4 is 5.32 Å². The third-order valence-electron chi connectivity index (χ3n) is 3.33. The van der Waals surface area contributed by atoms with Gasteiger partial charge >= 0.3 is 0 Å². The Morgan fingerprint density at radius 1 is 1.42 bits per heavy atom. The van der Waals surface area contributed by atoms with Crippen molar-refractivity contribution in [3.63, 3.8) is 0 Å². The number of halogens is 1. The molecule has 19 heavy (non-hydrogen) atoms. The Hall–Kier alpha value is -0.840. The predicted molar refractivity (Wildman–Crippen MR) is 82.7 cm³/mol. The first kappa shape index (κ1) is 18.2. The maximum atomic E-state index is 12.2. The second-order valence-electron chi connectivity index (χ2n) is 4.70. The zero-order chi connectivity index (χ0) is 13.4. The number of hydrogen-bond donors (Lipinski definition) is 1. The molecule has 0 aromatic heterocycles. The molecule has 1 N–H and O–H groups in total. The number of rotatable bonds is 8. The fourth-order valence-electron chi connectivity index (χ4n) is 2.43. The highest BCUT2D eigenvalue weighted by molar-refractivity contribution is 5.85. The van der Waals surface area contributed by atoms with E-state index < -0.39 is 0 Å². The Bertz CT molecular complexity index is 286. The summed E-state index contributed by atoms with van der Waals surface area (Å²) in [5.74, 6) is 0.165. The van der Waals surface area contributed by atoms with Crippen LogP contribution in [-0.4, -0.2) is 61.5 Å². The Labute approximate surface area is 122 Å². The number of nitrogens with zero attached hydrogens (tertiary/aromatic N) is 2. The molecule has 1 aliphatic rings. The molecule has 0 aromatic rings. The lowest BCUT2D eigenvalue weighted by Crippen LogP contribution is -2.44. The van der Waals surface area contributed by atoms with E-state index in [0.717, 1.165) is 13.1 Å². The summed E-state index contributed by atoms with van der Waals surface area (Å²) >= 11 is 0. The molecule has 0 aromatic carbocycles. The molecule has 1 aliphatic heterocycles. The van der Waals surface area contributed by atoms with E-state index >= 15 is 0 Å². The lowest BCUT2D eigenvalue weighted by atomic mass is 10.2. The van der Waals surface area contributed by atoms with Gasteiger partial charge in [-0.25, -0.2) is 0 Å². The minimum Gasteiger partial charge on any atom is -0.334 e. The largest absolute Gasteiger partial charge is 0.334 e. The molecule has 0 saturated carbocycles. The fraction of sp³-hybridized carbons (Fsp3) is 0.643. The summed E-state index contributed by atoms with van der Waals surface area (Å²) in [5.41, 5.74) is 0. The summed E-state index contributed by atoms with van der Waals surface area (Å²) in [7, 11) is 1.96. The average molecular weight is 288 g/mol. The topological polar surface area (TPSA) is 35.6 Å². The van der Waals surface area contributed by atoms with Crippen LogP contribution in [0.1, 0.15) is 12.8 Å². The Balaban J connectivity index is 0.00000324. The van der Waals surface area contributed by atoms with Crippen molar-refractivity contribution in [3.05, 3.63) is 25.3 Å². The monoisotopic (exact) mass is 287 g/mol. The smallest absolute Gasteiger partial charge is 0.237 e. The molecule has 0 spiro atoms. The SMILES string of the molecule is C=CCN(CC=C)C(=O)CN1CCCC1CNC.Cl. The van der Waals surface area contributed by atoms with Crippen LogP contribution in [0.15, 0.2) is 25.3 Å². The highest BCUT2D eigenvalue weighted by Gasteiger charge is 2.26. The van der Waals surface area contributed by atoms with Gasteiger partial charge in [-0.3, -0.25) is 9.69 Å². The number of carbonyl (C=O) groups excluding carboxylic acids is 1.